The normalized spacial score (nSPS) is 21.3. The third-order valence-electron chi connectivity index (χ3n) is 3.50. The number of hydrogen-bond acceptors (Lipinski definition) is 4. The van der Waals surface area contributed by atoms with Gasteiger partial charge < -0.3 is 20.0 Å². The third-order valence-corrected chi connectivity index (χ3v) is 3.81. The Labute approximate surface area is 127 Å². The molecule has 1 amide bonds. The van der Waals surface area contributed by atoms with Crippen LogP contribution in [0.4, 0.5) is 5.69 Å². The molecule has 6 heteroatoms. The van der Waals surface area contributed by atoms with Gasteiger partial charge >= 0.3 is 0 Å². The predicted octanol–water partition coefficient (Wildman–Crippen LogP) is 1.53. The summed E-state index contributed by atoms with van der Waals surface area (Å²) in [7, 11) is 1.50. The van der Waals surface area contributed by atoms with Crippen LogP contribution < -0.4 is 15.2 Å². The second-order valence-electron chi connectivity index (χ2n) is 4.81. The first-order valence-electron chi connectivity index (χ1n) is 6.52. The van der Waals surface area contributed by atoms with Crippen molar-refractivity contribution in [1.29, 1.82) is 0 Å². The third kappa shape index (κ3) is 3.55. The van der Waals surface area contributed by atoms with Crippen LogP contribution in [0.3, 0.4) is 0 Å². The summed E-state index contributed by atoms with van der Waals surface area (Å²) < 4.78 is 5.15. The molecule has 0 bridgehead atoms. The molecule has 0 spiro atoms. The van der Waals surface area contributed by atoms with E-state index in [1.165, 1.54) is 7.11 Å². The number of amides is 1. The van der Waals surface area contributed by atoms with Crippen molar-refractivity contribution in [2.75, 3.05) is 12.4 Å². The molecule has 0 unspecified atom stereocenters. The van der Waals surface area contributed by atoms with E-state index < -0.39 is 23.7 Å². The molecule has 1 aliphatic carbocycles. The van der Waals surface area contributed by atoms with Crippen molar-refractivity contribution >= 4 is 29.2 Å². The zero-order chi connectivity index (χ0) is 15.4. The summed E-state index contributed by atoms with van der Waals surface area (Å²) in [6.45, 7) is 0. The van der Waals surface area contributed by atoms with E-state index in [1.54, 1.807) is 30.3 Å². The summed E-state index contributed by atoms with van der Waals surface area (Å²) in [5, 5.41) is 14.4. The molecule has 5 nitrogen and oxygen atoms in total. The van der Waals surface area contributed by atoms with Crippen LogP contribution in [0, 0.1) is 11.8 Å². The Morgan fingerprint density at radius 3 is 2.71 bits per heavy atom. The van der Waals surface area contributed by atoms with E-state index in [0.717, 1.165) is 0 Å². The van der Waals surface area contributed by atoms with Crippen LogP contribution in [0.25, 0.3) is 0 Å². The molecule has 0 aliphatic heterocycles. The number of methoxy groups -OCH3 is 1. The second kappa shape index (κ2) is 6.63. The van der Waals surface area contributed by atoms with Gasteiger partial charge in [-0.25, -0.2) is 0 Å². The van der Waals surface area contributed by atoms with E-state index >= 15 is 0 Å². The highest BCUT2D eigenvalue weighted by Gasteiger charge is 2.32. The fraction of sp³-hybridized carbons (Fsp3) is 0.333. The van der Waals surface area contributed by atoms with E-state index in [9.17, 15) is 14.7 Å². The fourth-order valence-electron chi connectivity index (χ4n) is 2.36. The molecule has 21 heavy (non-hydrogen) atoms. The van der Waals surface area contributed by atoms with Crippen molar-refractivity contribution < 1.29 is 19.4 Å². The summed E-state index contributed by atoms with van der Waals surface area (Å²) in [5.41, 5.74) is 0.493. The first-order valence-corrected chi connectivity index (χ1v) is 6.90. The van der Waals surface area contributed by atoms with Crippen LogP contribution in [0.1, 0.15) is 12.8 Å². The maximum Gasteiger partial charge on any atom is 0.228 e. The highest BCUT2D eigenvalue weighted by atomic mass is 35.5. The van der Waals surface area contributed by atoms with Gasteiger partial charge in [0.25, 0.3) is 0 Å². The molecule has 1 aromatic carbocycles. The van der Waals surface area contributed by atoms with Gasteiger partial charge in [-0.2, -0.15) is 0 Å². The van der Waals surface area contributed by atoms with E-state index in [2.05, 4.69) is 5.32 Å². The number of allylic oxidation sites excluding steroid dienone is 2. The SMILES string of the molecule is COc1ccccc1NC(=O)[C@@H]1CC(Cl)=CC[C@H]1C(=O)[O-]. The van der Waals surface area contributed by atoms with Crippen molar-refractivity contribution in [1.82, 2.24) is 0 Å². The Hall–Kier alpha value is -2.01. The van der Waals surface area contributed by atoms with E-state index in [4.69, 9.17) is 16.3 Å². The van der Waals surface area contributed by atoms with Gasteiger partial charge in [0.15, 0.2) is 0 Å². The van der Waals surface area contributed by atoms with Crippen LogP contribution in [0.5, 0.6) is 5.75 Å². The Kier molecular flexibility index (Phi) is 4.85. The van der Waals surface area contributed by atoms with Crippen molar-refractivity contribution in [2.45, 2.75) is 12.8 Å². The maximum absolute atomic E-state index is 12.4. The molecular formula is C15H15ClNO4-. The highest BCUT2D eigenvalue weighted by Crippen LogP contribution is 2.33. The van der Waals surface area contributed by atoms with Crippen molar-refractivity contribution in [3.63, 3.8) is 0 Å². The number of halogens is 1. The molecule has 1 aromatic rings. The van der Waals surface area contributed by atoms with Gasteiger partial charge in [-0.05, 0) is 25.0 Å². The minimum Gasteiger partial charge on any atom is -0.550 e. The lowest BCUT2D eigenvalue weighted by Gasteiger charge is -2.29. The van der Waals surface area contributed by atoms with Gasteiger partial charge in [-0.1, -0.05) is 29.8 Å². The molecule has 112 valence electrons. The van der Waals surface area contributed by atoms with Gasteiger partial charge in [-0.15, -0.1) is 0 Å². The van der Waals surface area contributed by atoms with Gasteiger partial charge in [0.05, 0.1) is 18.7 Å². The number of aliphatic carboxylic acids is 1. The smallest absolute Gasteiger partial charge is 0.228 e. The largest absolute Gasteiger partial charge is 0.550 e. The van der Waals surface area contributed by atoms with Crippen molar-refractivity contribution in [2.24, 2.45) is 11.8 Å². The summed E-state index contributed by atoms with van der Waals surface area (Å²) >= 11 is 5.93. The van der Waals surface area contributed by atoms with Gasteiger partial charge in [-0.3, -0.25) is 4.79 Å². The predicted molar refractivity (Wildman–Crippen MR) is 76.8 cm³/mol. The lowest BCUT2D eigenvalue weighted by Crippen LogP contribution is -2.42. The average molecular weight is 309 g/mol. The molecule has 2 atom stereocenters. The van der Waals surface area contributed by atoms with Crippen LogP contribution in [0.2, 0.25) is 0 Å². The lowest BCUT2D eigenvalue weighted by atomic mass is 9.82. The van der Waals surface area contributed by atoms with Gasteiger partial charge in [0.2, 0.25) is 5.91 Å². The summed E-state index contributed by atoms with van der Waals surface area (Å²) in [6.07, 6.45) is 2.02. The Morgan fingerprint density at radius 1 is 1.33 bits per heavy atom. The van der Waals surface area contributed by atoms with Crippen LogP contribution in [0.15, 0.2) is 35.4 Å². The van der Waals surface area contributed by atoms with E-state index in [0.29, 0.717) is 16.5 Å². The van der Waals surface area contributed by atoms with Crippen LogP contribution in [-0.4, -0.2) is 19.0 Å². The average Bonchev–Trinajstić information content (AvgIpc) is 2.47. The molecule has 2 rings (SSSR count). The number of nitrogens with one attached hydrogen (secondary N) is 1. The molecule has 0 saturated carbocycles. The molecule has 0 fully saturated rings. The number of para-hydroxylation sites is 2. The quantitative estimate of drug-likeness (QED) is 0.915. The van der Waals surface area contributed by atoms with Crippen molar-refractivity contribution in [3.05, 3.63) is 35.4 Å². The topological polar surface area (TPSA) is 78.5 Å². The Balaban J connectivity index is 2.18. The van der Waals surface area contributed by atoms with Crippen LogP contribution >= 0.6 is 11.6 Å². The zero-order valence-electron chi connectivity index (χ0n) is 11.5. The highest BCUT2D eigenvalue weighted by molar-refractivity contribution is 6.29. The molecule has 0 heterocycles. The number of carbonyl (C=O) groups is 2. The Morgan fingerprint density at radius 2 is 2.05 bits per heavy atom. The summed E-state index contributed by atoms with van der Waals surface area (Å²) in [5.74, 6) is -2.76. The number of anilines is 1. The molecule has 1 aliphatic rings. The molecule has 1 N–H and O–H groups in total. The minimum atomic E-state index is -1.24. The Bertz CT molecular complexity index is 585. The number of carbonyl (C=O) groups excluding carboxylic acids is 2. The number of ether oxygens (including phenoxy) is 1. The van der Waals surface area contributed by atoms with Crippen LogP contribution in [-0.2, 0) is 9.59 Å². The number of benzene rings is 1. The van der Waals surface area contributed by atoms with Crippen molar-refractivity contribution in [3.8, 4) is 5.75 Å². The summed E-state index contributed by atoms with van der Waals surface area (Å²) in [4.78, 5) is 23.5. The van der Waals surface area contributed by atoms with Gasteiger partial charge in [0.1, 0.15) is 5.75 Å². The summed E-state index contributed by atoms with van der Waals surface area (Å²) in [6, 6.07) is 6.92. The molecule has 0 radical (unpaired) electrons. The number of rotatable bonds is 4. The molecular weight excluding hydrogens is 294 g/mol. The number of hydrogen-bond donors (Lipinski definition) is 1. The van der Waals surface area contributed by atoms with Gasteiger partial charge in [0, 0.05) is 16.9 Å². The first-order chi connectivity index (χ1) is 10.0. The molecule has 0 aromatic heterocycles. The van der Waals surface area contributed by atoms with E-state index in [1.807, 2.05) is 0 Å². The first kappa shape index (κ1) is 15.4. The number of carboxylic acid groups (broad SMARTS) is 1. The van der Waals surface area contributed by atoms with E-state index in [-0.39, 0.29) is 12.8 Å². The monoisotopic (exact) mass is 308 g/mol. The molecule has 0 saturated heterocycles. The lowest BCUT2D eigenvalue weighted by molar-refractivity contribution is -0.313. The standard InChI is InChI=1S/C15H16ClNO4/c1-21-13-5-3-2-4-12(13)17-14(18)11-8-9(16)6-7-10(11)15(19)20/h2-6,10-11H,7-8H2,1H3,(H,17,18)(H,19,20)/p-1/t10-,11-/m1/s1. The maximum atomic E-state index is 12.4. The minimum absolute atomic E-state index is 0.196. The number of carboxylic acids is 1. The zero-order valence-corrected chi connectivity index (χ0v) is 12.2. The fourth-order valence-corrected chi connectivity index (χ4v) is 2.62. The second-order valence-corrected chi connectivity index (χ2v) is 5.30.